The minimum absolute atomic E-state index is 0.0472. The molecule has 3 aromatic carbocycles. The number of halogens is 1. The van der Waals surface area contributed by atoms with Crippen molar-refractivity contribution in [3.63, 3.8) is 0 Å². The van der Waals surface area contributed by atoms with Gasteiger partial charge in [0.05, 0.1) is 23.4 Å². The van der Waals surface area contributed by atoms with E-state index in [1.807, 2.05) is 6.92 Å². The van der Waals surface area contributed by atoms with E-state index >= 15 is 0 Å². The summed E-state index contributed by atoms with van der Waals surface area (Å²) in [5.74, 6) is -1.21. The Morgan fingerprint density at radius 2 is 1.59 bits per heavy atom. The summed E-state index contributed by atoms with van der Waals surface area (Å²) >= 11 is 3.31. The van der Waals surface area contributed by atoms with E-state index in [4.69, 9.17) is 13.7 Å². The highest BCUT2D eigenvalue weighted by Crippen LogP contribution is 2.39. The number of ether oxygens (including phenoxy) is 2. The minimum atomic E-state index is -4.18. The maximum Gasteiger partial charge on any atom is 0.339 e. The van der Waals surface area contributed by atoms with Crippen LogP contribution in [0.25, 0.3) is 6.08 Å². The van der Waals surface area contributed by atoms with Gasteiger partial charge in [0.2, 0.25) is 0 Å². The summed E-state index contributed by atoms with van der Waals surface area (Å²) in [7, 11) is -4.18. The highest BCUT2D eigenvalue weighted by molar-refractivity contribution is 9.10. The number of nitrogens with one attached hydrogen (secondary N) is 1. The van der Waals surface area contributed by atoms with Gasteiger partial charge in [-0.25, -0.2) is 9.69 Å². The van der Waals surface area contributed by atoms with Gasteiger partial charge in [-0.15, -0.1) is 0 Å². The van der Waals surface area contributed by atoms with Crippen LogP contribution in [-0.2, 0) is 19.7 Å². The molecule has 0 saturated carbocycles. The average molecular weight is 615 g/mol. The van der Waals surface area contributed by atoms with Crippen molar-refractivity contribution >= 4 is 55.7 Å². The zero-order valence-electron chi connectivity index (χ0n) is 20.8. The van der Waals surface area contributed by atoms with Crippen LogP contribution in [0.1, 0.15) is 19.4 Å². The Balaban J connectivity index is 1.69. The largest absolute Gasteiger partial charge is 0.494 e. The lowest BCUT2D eigenvalue weighted by molar-refractivity contribution is -0.122. The summed E-state index contributed by atoms with van der Waals surface area (Å²) in [4.78, 5) is 39.2. The zero-order valence-corrected chi connectivity index (χ0v) is 23.2. The van der Waals surface area contributed by atoms with E-state index in [0.717, 1.165) is 4.90 Å². The summed E-state index contributed by atoms with van der Waals surface area (Å²) in [5.41, 5.74) is 0.239. The zero-order chi connectivity index (χ0) is 28.2. The molecule has 0 aromatic heterocycles. The Labute approximate surface area is 233 Å². The highest BCUT2D eigenvalue weighted by Gasteiger charge is 2.37. The van der Waals surface area contributed by atoms with E-state index in [1.165, 1.54) is 42.5 Å². The summed E-state index contributed by atoms with van der Waals surface area (Å²) in [5, 5.41) is 2.16. The van der Waals surface area contributed by atoms with Crippen LogP contribution in [0, 0.1) is 0 Å². The van der Waals surface area contributed by atoms with Gasteiger partial charge >= 0.3 is 16.1 Å². The number of nitrogens with zero attached hydrogens (tertiary/aromatic N) is 1. The number of carbonyl (C=O) groups excluding carboxylic acids is 3. The van der Waals surface area contributed by atoms with E-state index in [1.54, 1.807) is 37.3 Å². The Kier molecular flexibility index (Phi) is 8.36. The second-order valence-electron chi connectivity index (χ2n) is 8.00. The van der Waals surface area contributed by atoms with Crippen molar-refractivity contribution in [3.05, 3.63) is 82.3 Å². The van der Waals surface area contributed by atoms with Crippen LogP contribution in [0.5, 0.6) is 17.2 Å². The Hall–Kier alpha value is -4.16. The molecule has 0 bridgehead atoms. The Bertz CT molecular complexity index is 1550. The number of rotatable bonds is 9. The van der Waals surface area contributed by atoms with Crippen molar-refractivity contribution in [2.75, 3.05) is 18.1 Å². The summed E-state index contributed by atoms with van der Waals surface area (Å²) in [6.45, 7) is 4.15. The molecule has 1 fully saturated rings. The molecule has 0 radical (unpaired) electrons. The maximum absolute atomic E-state index is 13.3. The number of hydrogen-bond donors (Lipinski definition) is 1. The topological polar surface area (TPSA) is 128 Å². The van der Waals surface area contributed by atoms with Crippen LogP contribution < -0.4 is 23.9 Å². The molecule has 1 saturated heterocycles. The third-order valence-electron chi connectivity index (χ3n) is 5.38. The van der Waals surface area contributed by atoms with Crippen molar-refractivity contribution in [1.82, 2.24) is 5.32 Å². The summed E-state index contributed by atoms with van der Waals surface area (Å²) < 4.78 is 42.2. The number of urea groups is 1. The van der Waals surface area contributed by atoms with Gasteiger partial charge in [-0.3, -0.25) is 14.9 Å². The fourth-order valence-electron chi connectivity index (χ4n) is 3.68. The standard InChI is InChI=1S/C27H23BrN2O8S/c1-3-36-19-12-10-18(11-13-19)30-26(32)21(25(31)29-27(30)33)14-17-15-22(28)24(23(16-17)37-4-2)38-39(34,35)20-8-6-5-7-9-20/h5-16H,3-4H2,1-2H3,(H,29,31,33)/b21-14+. The van der Waals surface area contributed by atoms with Crippen LogP contribution >= 0.6 is 15.9 Å². The first-order valence-corrected chi connectivity index (χ1v) is 13.9. The third-order valence-corrected chi connectivity index (χ3v) is 7.20. The van der Waals surface area contributed by atoms with Crippen LogP contribution in [-0.4, -0.2) is 39.5 Å². The van der Waals surface area contributed by atoms with Crippen molar-refractivity contribution in [2.24, 2.45) is 0 Å². The van der Waals surface area contributed by atoms with E-state index in [-0.39, 0.29) is 38.7 Å². The molecule has 202 valence electrons. The van der Waals surface area contributed by atoms with E-state index in [0.29, 0.717) is 17.9 Å². The lowest BCUT2D eigenvalue weighted by Crippen LogP contribution is -2.54. The smallest absolute Gasteiger partial charge is 0.339 e. The van der Waals surface area contributed by atoms with Crippen LogP contribution in [0.4, 0.5) is 10.5 Å². The van der Waals surface area contributed by atoms with Crippen molar-refractivity contribution in [3.8, 4) is 17.2 Å². The van der Waals surface area contributed by atoms with Crippen molar-refractivity contribution < 1.29 is 36.5 Å². The molecule has 3 aromatic rings. The molecule has 39 heavy (non-hydrogen) atoms. The molecule has 0 aliphatic carbocycles. The van der Waals surface area contributed by atoms with Crippen molar-refractivity contribution in [2.45, 2.75) is 18.7 Å². The molecule has 4 amide bonds. The molecule has 0 atom stereocenters. The molecule has 1 heterocycles. The molecule has 10 nitrogen and oxygen atoms in total. The van der Waals surface area contributed by atoms with E-state index in [9.17, 15) is 22.8 Å². The Morgan fingerprint density at radius 3 is 2.23 bits per heavy atom. The van der Waals surface area contributed by atoms with E-state index in [2.05, 4.69) is 21.2 Å². The minimum Gasteiger partial charge on any atom is -0.494 e. The van der Waals surface area contributed by atoms with Gasteiger partial charge in [0.25, 0.3) is 11.8 Å². The van der Waals surface area contributed by atoms with Crippen LogP contribution in [0.3, 0.4) is 0 Å². The third kappa shape index (κ3) is 6.13. The van der Waals surface area contributed by atoms with Gasteiger partial charge in [-0.05, 0) is 89.9 Å². The molecule has 12 heteroatoms. The molecule has 0 unspecified atom stereocenters. The summed E-state index contributed by atoms with van der Waals surface area (Å²) in [6, 6.07) is 15.9. The van der Waals surface area contributed by atoms with Gasteiger partial charge in [-0.1, -0.05) is 18.2 Å². The first-order valence-electron chi connectivity index (χ1n) is 11.7. The van der Waals surface area contributed by atoms with Crippen molar-refractivity contribution in [1.29, 1.82) is 0 Å². The molecule has 1 aliphatic heterocycles. The van der Waals surface area contributed by atoms with Gasteiger partial charge in [0.15, 0.2) is 11.5 Å². The quantitative estimate of drug-likeness (QED) is 0.209. The second kappa shape index (κ2) is 11.7. The molecular weight excluding hydrogens is 592 g/mol. The van der Waals surface area contributed by atoms with Crippen LogP contribution in [0.2, 0.25) is 0 Å². The maximum atomic E-state index is 13.3. The number of benzene rings is 3. The molecule has 1 aliphatic rings. The fourth-order valence-corrected chi connectivity index (χ4v) is 5.30. The second-order valence-corrected chi connectivity index (χ2v) is 10.4. The van der Waals surface area contributed by atoms with Gasteiger partial charge in [-0.2, -0.15) is 8.42 Å². The predicted octanol–water partition coefficient (Wildman–Crippen LogP) is 4.68. The summed E-state index contributed by atoms with van der Waals surface area (Å²) in [6.07, 6.45) is 1.27. The lowest BCUT2D eigenvalue weighted by Gasteiger charge is -2.26. The van der Waals surface area contributed by atoms with Crippen LogP contribution in [0.15, 0.2) is 81.7 Å². The number of barbiturate groups is 1. The normalized spacial score (nSPS) is 14.8. The predicted molar refractivity (Wildman–Crippen MR) is 146 cm³/mol. The molecule has 4 rings (SSSR count). The number of carbonyl (C=O) groups is 3. The Morgan fingerprint density at radius 1 is 0.923 bits per heavy atom. The number of anilines is 1. The van der Waals surface area contributed by atoms with E-state index < -0.39 is 28.0 Å². The highest BCUT2D eigenvalue weighted by atomic mass is 79.9. The number of hydrogen-bond acceptors (Lipinski definition) is 8. The first kappa shape index (κ1) is 27.9. The molecule has 1 N–H and O–H groups in total. The molecule has 0 spiro atoms. The number of imide groups is 2. The SMILES string of the molecule is CCOc1ccc(N2C(=O)NC(=O)/C(=C\c3cc(Br)c(OS(=O)(=O)c4ccccc4)c(OCC)c3)C2=O)cc1. The lowest BCUT2D eigenvalue weighted by atomic mass is 10.1. The van der Waals surface area contributed by atoms with Gasteiger partial charge in [0.1, 0.15) is 16.2 Å². The van der Waals surface area contributed by atoms with Gasteiger partial charge in [0, 0.05) is 0 Å². The molecular formula is C27H23BrN2O8S. The van der Waals surface area contributed by atoms with Gasteiger partial charge < -0.3 is 13.7 Å². The number of amides is 4. The fraction of sp³-hybridized carbons (Fsp3) is 0.148. The monoisotopic (exact) mass is 614 g/mol. The average Bonchev–Trinajstić information content (AvgIpc) is 2.90. The first-order chi connectivity index (χ1) is 18.6.